The predicted molar refractivity (Wildman–Crippen MR) is 74.4 cm³/mol. The second-order valence-corrected chi connectivity index (χ2v) is 4.45. The van der Waals surface area contributed by atoms with Gasteiger partial charge in [-0.05, 0) is 31.2 Å². The van der Waals surface area contributed by atoms with Crippen LogP contribution in [0.1, 0.15) is 21.6 Å². The summed E-state index contributed by atoms with van der Waals surface area (Å²) in [5.74, 6) is -0.334. The first-order valence-corrected chi connectivity index (χ1v) is 6.23. The fraction of sp³-hybridized carbons (Fsp3) is 0.200. The highest BCUT2D eigenvalue weighted by atomic mass is 19.3. The van der Waals surface area contributed by atoms with Crippen molar-refractivity contribution in [1.29, 1.82) is 0 Å². The zero-order valence-corrected chi connectivity index (χ0v) is 11.6. The third-order valence-electron chi connectivity index (χ3n) is 2.81. The molecule has 2 aromatic rings. The molecule has 1 aromatic carbocycles. The molecular formula is C15H14F2N2O2. The predicted octanol–water partition coefficient (Wildman–Crippen LogP) is 3.23. The Morgan fingerprint density at radius 2 is 2.19 bits per heavy atom. The number of carbonyl (C=O) groups is 1. The number of allylic oxidation sites excluding steroid dienone is 1. The maximum atomic E-state index is 12.1. The Morgan fingerprint density at radius 3 is 2.81 bits per heavy atom. The summed E-state index contributed by atoms with van der Waals surface area (Å²) in [7, 11) is 1.79. The molecule has 0 atom stereocenters. The number of carbonyl (C=O) groups excluding carboxylic acids is 1. The lowest BCUT2D eigenvalue weighted by molar-refractivity contribution is -0.0498. The van der Waals surface area contributed by atoms with Crippen molar-refractivity contribution in [3.63, 3.8) is 0 Å². The first kappa shape index (κ1) is 14.9. The molecular weight excluding hydrogens is 278 g/mol. The number of aryl methyl sites for hydroxylation is 2. The monoisotopic (exact) mass is 292 g/mol. The minimum Gasteiger partial charge on any atom is -0.435 e. The minimum atomic E-state index is -2.91. The van der Waals surface area contributed by atoms with Crippen LogP contribution in [0, 0.1) is 6.92 Å². The molecule has 0 aliphatic carbocycles. The largest absolute Gasteiger partial charge is 0.435 e. The third-order valence-corrected chi connectivity index (χ3v) is 2.81. The Hall–Kier alpha value is -2.50. The van der Waals surface area contributed by atoms with Gasteiger partial charge in [0.2, 0.25) is 0 Å². The van der Waals surface area contributed by atoms with Crippen LogP contribution >= 0.6 is 0 Å². The molecule has 4 nitrogen and oxygen atoms in total. The first-order valence-electron chi connectivity index (χ1n) is 6.23. The first-order chi connectivity index (χ1) is 9.95. The summed E-state index contributed by atoms with van der Waals surface area (Å²) >= 11 is 0. The fourth-order valence-corrected chi connectivity index (χ4v) is 1.87. The van der Waals surface area contributed by atoms with E-state index in [0.717, 1.165) is 11.3 Å². The van der Waals surface area contributed by atoms with Crippen molar-refractivity contribution in [2.75, 3.05) is 0 Å². The number of ether oxygens (including phenoxy) is 1. The van der Waals surface area contributed by atoms with Gasteiger partial charge < -0.3 is 4.74 Å². The van der Waals surface area contributed by atoms with E-state index in [1.165, 1.54) is 24.3 Å². The molecule has 0 unspecified atom stereocenters. The second-order valence-electron chi connectivity index (χ2n) is 4.45. The highest BCUT2D eigenvalue weighted by Crippen LogP contribution is 2.17. The van der Waals surface area contributed by atoms with Gasteiger partial charge in [-0.15, -0.1) is 0 Å². The summed E-state index contributed by atoms with van der Waals surface area (Å²) < 4.78 is 30.2. The fourth-order valence-electron chi connectivity index (χ4n) is 1.87. The average Bonchev–Trinajstić information content (AvgIpc) is 2.74. The van der Waals surface area contributed by atoms with Crippen molar-refractivity contribution < 1.29 is 18.3 Å². The average molecular weight is 292 g/mol. The Morgan fingerprint density at radius 1 is 1.43 bits per heavy atom. The molecule has 0 bridgehead atoms. The number of ketones is 1. The van der Waals surface area contributed by atoms with Gasteiger partial charge in [0.05, 0.1) is 5.69 Å². The molecule has 110 valence electrons. The smallest absolute Gasteiger partial charge is 0.387 e. The molecule has 6 heteroatoms. The van der Waals surface area contributed by atoms with E-state index < -0.39 is 6.61 Å². The van der Waals surface area contributed by atoms with E-state index >= 15 is 0 Å². The maximum absolute atomic E-state index is 12.1. The molecule has 0 saturated heterocycles. The molecule has 0 spiro atoms. The number of hydrogen-bond donors (Lipinski definition) is 0. The van der Waals surface area contributed by atoms with Crippen molar-refractivity contribution in [2.45, 2.75) is 13.5 Å². The molecule has 21 heavy (non-hydrogen) atoms. The third kappa shape index (κ3) is 3.98. The van der Waals surface area contributed by atoms with Crippen LogP contribution in [0.15, 0.2) is 36.5 Å². The van der Waals surface area contributed by atoms with Crippen molar-refractivity contribution in [3.8, 4) is 5.75 Å². The van der Waals surface area contributed by atoms with Crippen molar-refractivity contribution in [2.24, 2.45) is 7.05 Å². The van der Waals surface area contributed by atoms with Gasteiger partial charge in [0.1, 0.15) is 5.75 Å². The second kappa shape index (κ2) is 6.30. The van der Waals surface area contributed by atoms with Crippen molar-refractivity contribution >= 4 is 11.9 Å². The molecule has 1 heterocycles. The van der Waals surface area contributed by atoms with Crippen LogP contribution < -0.4 is 4.74 Å². The molecule has 1 aromatic heterocycles. The summed E-state index contributed by atoms with van der Waals surface area (Å²) in [6, 6.07) is 5.70. The van der Waals surface area contributed by atoms with Gasteiger partial charge in [-0.25, -0.2) is 0 Å². The van der Waals surface area contributed by atoms with E-state index in [0.29, 0.717) is 0 Å². The lowest BCUT2D eigenvalue weighted by Gasteiger charge is -2.04. The molecule has 0 aliphatic heterocycles. The highest BCUT2D eigenvalue weighted by Gasteiger charge is 2.08. The van der Waals surface area contributed by atoms with Gasteiger partial charge in [0.15, 0.2) is 5.78 Å². The van der Waals surface area contributed by atoms with Gasteiger partial charge in [-0.3, -0.25) is 9.48 Å². The Kier molecular flexibility index (Phi) is 4.47. The van der Waals surface area contributed by atoms with Crippen LogP contribution in [0.3, 0.4) is 0 Å². The number of benzene rings is 1. The molecule has 0 N–H and O–H groups in total. The van der Waals surface area contributed by atoms with E-state index in [1.807, 2.05) is 6.92 Å². The van der Waals surface area contributed by atoms with Gasteiger partial charge >= 0.3 is 6.61 Å². The topological polar surface area (TPSA) is 44.1 Å². The molecule has 2 rings (SSSR count). The number of alkyl halides is 2. The Bertz CT molecular complexity index is 678. The quantitative estimate of drug-likeness (QED) is 0.628. The van der Waals surface area contributed by atoms with Gasteiger partial charge in [-0.2, -0.15) is 13.9 Å². The van der Waals surface area contributed by atoms with E-state index in [4.69, 9.17) is 0 Å². The standard InChI is InChI=1S/C15H14F2N2O2/c1-10-12(9-19(2)18-10)6-7-14(20)11-4-3-5-13(8-11)21-15(16)17/h3-9,15H,1-2H3/b7-6+. The van der Waals surface area contributed by atoms with Crippen LogP contribution in [0.4, 0.5) is 8.78 Å². The normalized spacial score (nSPS) is 11.3. The van der Waals surface area contributed by atoms with Crippen LogP contribution in [-0.4, -0.2) is 22.2 Å². The summed E-state index contributed by atoms with van der Waals surface area (Å²) in [6.45, 7) is -1.08. The molecule has 0 aliphatic rings. The van der Waals surface area contributed by atoms with Crippen molar-refractivity contribution in [3.05, 3.63) is 53.4 Å². The van der Waals surface area contributed by atoms with Crippen molar-refractivity contribution in [1.82, 2.24) is 9.78 Å². The van der Waals surface area contributed by atoms with Crippen LogP contribution in [0.2, 0.25) is 0 Å². The van der Waals surface area contributed by atoms with E-state index in [2.05, 4.69) is 9.84 Å². The summed E-state index contributed by atoms with van der Waals surface area (Å²) in [4.78, 5) is 12.0. The van der Waals surface area contributed by atoms with E-state index in [9.17, 15) is 13.6 Å². The van der Waals surface area contributed by atoms with E-state index in [1.54, 1.807) is 30.1 Å². The van der Waals surface area contributed by atoms with Gasteiger partial charge in [-0.1, -0.05) is 12.1 Å². The zero-order chi connectivity index (χ0) is 15.4. The van der Waals surface area contributed by atoms with Crippen LogP contribution in [0.5, 0.6) is 5.75 Å². The number of aromatic nitrogens is 2. The summed E-state index contributed by atoms with van der Waals surface area (Å²) in [6.07, 6.45) is 4.81. The minimum absolute atomic E-state index is 0.0400. The molecule has 0 amide bonds. The number of nitrogens with zero attached hydrogens (tertiary/aromatic N) is 2. The zero-order valence-electron chi connectivity index (χ0n) is 11.6. The van der Waals surface area contributed by atoms with Crippen LogP contribution in [0.25, 0.3) is 6.08 Å². The highest BCUT2D eigenvalue weighted by molar-refractivity contribution is 6.07. The Labute approximate surface area is 120 Å². The molecule has 0 saturated carbocycles. The van der Waals surface area contributed by atoms with Crippen LogP contribution in [-0.2, 0) is 7.05 Å². The maximum Gasteiger partial charge on any atom is 0.387 e. The molecule has 0 radical (unpaired) electrons. The SMILES string of the molecule is Cc1nn(C)cc1/C=C/C(=O)c1cccc(OC(F)F)c1. The number of halogens is 2. The summed E-state index contributed by atoms with van der Waals surface area (Å²) in [5.41, 5.74) is 1.91. The number of rotatable bonds is 5. The van der Waals surface area contributed by atoms with E-state index in [-0.39, 0.29) is 17.1 Å². The molecule has 0 fully saturated rings. The van der Waals surface area contributed by atoms with Gasteiger partial charge in [0, 0.05) is 24.4 Å². The lowest BCUT2D eigenvalue weighted by atomic mass is 10.1. The summed E-state index contributed by atoms with van der Waals surface area (Å²) in [5, 5.41) is 4.16. The lowest BCUT2D eigenvalue weighted by Crippen LogP contribution is -2.03. The number of hydrogen-bond acceptors (Lipinski definition) is 3. The van der Waals surface area contributed by atoms with Gasteiger partial charge in [0.25, 0.3) is 0 Å². The Balaban J connectivity index is 2.15.